The molecule has 1 aliphatic heterocycles. The number of likely N-dealkylation sites (tertiary alicyclic amines) is 1. The van der Waals surface area contributed by atoms with Crippen LogP contribution in [0.25, 0.3) is 0 Å². The first-order valence-corrected chi connectivity index (χ1v) is 7.52. The molecule has 0 saturated carbocycles. The number of nitrogens with zero attached hydrogens (tertiary/aromatic N) is 3. The highest BCUT2D eigenvalue weighted by Gasteiger charge is 2.19. The molecule has 0 unspecified atom stereocenters. The summed E-state index contributed by atoms with van der Waals surface area (Å²) >= 11 is 0. The summed E-state index contributed by atoms with van der Waals surface area (Å²) in [6, 6.07) is 1.97. The Labute approximate surface area is 122 Å². The fraction of sp³-hybridized carbons (Fsp3) is 0.733. The minimum absolute atomic E-state index is 0.0434. The van der Waals surface area contributed by atoms with E-state index in [4.69, 9.17) is 0 Å². The highest BCUT2D eigenvalue weighted by Crippen LogP contribution is 2.22. The summed E-state index contributed by atoms with van der Waals surface area (Å²) in [6.45, 7) is 10.9. The molecule has 20 heavy (non-hydrogen) atoms. The van der Waals surface area contributed by atoms with E-state index >= 15 is 0 Å². The van der Waals surface area contributed by atoms with Crippen molar-refractivity contribution in [1.29, 1.82) is 0 Å². The molecule has 0 atom stereocenters. The third-order valence-corrected chi connectivity index (χ3v) is 3.59. The van der Waals surface area contributed by atoms with Crippen LogP contribution in [-0.4, -0.2) is 48.1 Å². The molecule has 0 aliphatic carbocycles. The van der Waals surface area contributed by atoms with Gasteiger partial charge in [0, 0.05) is 31.6 Å². The van der Waals surface area contributed by atoms with Crippen LogP contribution in [0.4, 0.5) is 11.6 Å². The van der Waals surface area contributed by atoms with Crippen molar-refractivity contribution in [3.05, 3.63) is 11.9 Å². The Balaban J connectivity index is 1.98. The highest BCUT2D eigenvalue weighted by atomic mass is 15.2. The van der Waals surface area contributed by atoms with Crippen molar-refractivity contribution >= 4 is 11.6 Å². The van der Waals surface area contributed by atoms with Crippen molar-refractivity contribution in [3.8, 4) is 0 Å². The van der Waals surface area contributed by atoms with Gasteiger partial charge in [-0.05, 0) is 25.9 Å². The van der Waals surface area contributed by atoms with E-state index in [-0.39, 0.29) is 5.41 Å². The van der Waals surface area contributed by atoms with Crippen LogP contribution in [0.2, 0.25) is 0 Å². The zero-order valence-electron chi connectivity index (χ0n) is 13.2. The molecule has 1 aromatic rings. The van der Waals surface area contributed by atoms with Gasteiger partial charge in [-0.2, -0.15) is 0 Å². The maximum absolute atomic E-state index is 4.64. The van der Waals surface area contributed by atoms with Crippen molar-refractivity contribution in [2.24, 2.45) is 0 Å². The van der Waals surface area contributed by atoms with E-state index < -0.39 is 0 Å². The Hall–Kier alpha value is -1.36. The molecule has 1 fully saturated rings. The zero-order chi connectivity index (χ0) is 14.6. The van der Waals surface area contributed by atoms with Crippen LogP contribution >= 0.6 is 0 Å². The lowest BCUT2D eigenvalue weighted by atomic mass is 9.96. The molecule has 0 bridgehead atoms. The van der Waals surface area contributed by atoms with Gasteiger partial charge >= 0.3 is 0 Å². The van der Waals surface area contributed by atoms with E-state index in [1.165, 1.54) is 25.9 Å². The quantitative estimate of drug-likeness (QED) is 0.865. The first-order chi connectivity index (χ1) is 9.49. The topological polar surface area (TPSA) is 53.1 Å². The van der Waals surface area contributed by atoms with E-state index in [0.29, 0.717) is 0 Å². The van der Waals surface area contributed by atoms with E-state index in [1.54, 1.807) is 0 Å². The highest BCUT2D eigenvalue weighted by molar-refractivity contribution is 5.47. The molecule has 0 radical (unpaired) electrons. The second kappa shape index (κ2) is 6.39. The summed E-state index contributed by atoms with van der Waals surface area (Å²) in [5.74, 6) is 2.65. The summed E-state index contributed by atoms with van der Waals surface area (Å²) in [5.41, 5.74) is -0.0434. The lowest BCUT2D eigenvalue weighted by Gasteiger charge is -2.19. The van der Waals surface area contributed by atoms with Gasteiger partial charge in [-0.15, -0.1) is 0 Å². The fourth-order valence-corrected chi connectivity index (χ4v) is 2.35. The molecular formula is C15H27N5. The van der Waals surface area contributed by atoms with Crippen LogP contribution in [0.1, 0.15) is 39.4 Å². The average Bonchev–Trinajstić information content (AvgIpc) is 2.90. The van der Waals surface area contributed by atoms with Crippen molar-refractivity contribution in [3.63, 3.8) is 0 Å². The molecule has 2 rings (SSSR count). The first-order valence-electron chi connectivity index (χ1n) is 7.52. The lowest BCUT2D eigenvalue weighted by Crippen LogP contribution is -2.26. The number of aromatic nitrogens is 2. The van der Waals surface area contributed by atoms with Crippen LogP contribution in [-0.2, 0) is 5.41 Å². The van der Waals surface area contributed by atoms with Gasteiger partial charge in [0.25, 0.3) is 0 Å². The summed E-state index contributed by atoms with van der Waals surface area (Å²) in [4.78, 5) is 11.7. The van der Waals surface area contributed by atoms with Gasteiger partial charge in [0.05, 0.1) is 0 Å². The molecule has 1 aliphatic rings. The Morgan fingerprint density at radius 1 is 1.15 bits per heavy atom. The second-order valence-corrected chi connectivity index (χ2v) is 6.44. The molecule has 2 heterocycles. The second-order valence-electron chi connectivity index (χ2n) is 6.44. The van der Waals surface area contributed by atoms with Gasteiger partial charge < -0.3 is 15.5 Å². The summed E-state index contributed by atoms with van der Waals surface area (Å²) in [5, 5.41) is 6.54. The summed E-state index contributed by atoms with van der Waals surface area (Å²) in [6.07, 6.45) is 2.68. The predicted molar refractivity (Wildman–Crippen MR) is 84.4 cm³/mol. The molecule has 1 saturated heterocycles. The van der Waals surface area contributed by atoms with Crippen LogP contribution in [0, 0.1) is 0 Å². The van der Waals surface area contributed by atoms with Crippen LogP contribution < -0.4 is 10.6 Å². The average molecular weight is 277 g/mol. The van der Waals surface area contributed by atoms with E-state index in [1.807, 2.05) is 13.1 Å². The first kappa shape index (κ1) is 15.0. The number of rotatable bonds is 5. The van der Waals surface area contributed by atoms with E-state index in [9.17, 15) is 0 Å². The van der Waals surface area contributed by atoms with E-state index in [2.05, 4.69) is 46.3 Å². The fourth-order valence-electron chi connectivity index (χ4n) is 2.35. The largest absolute Gasteiger partial charge is 0.373 e. The molecule has 5 heteroatoms. The SMILES string of the molecule is CNc1cc(NCCN2CCCC2)nc(C(C)(C)C)n1. The van der Waals surface area contributed by atoms with Gasteiger partial charge in [-0.3, -0.25) is 0 Å². The summed E-state index contributed by atoms with van der Waals surface area (Å²) < 4.78 is 0. The number of anilines is 2. The van der Waals surface area contributed by atoms with Gasteiger partial charge in [-0.1, -0.05) is 20.8 Å². The third kappa shape index (κ3) is 4.07. The Morgan fingerprint density at radius 2 is 1.80 bits per heavy atom. The molecular weight excluding hydrogens is 250 g/mol. The minimum atomic E-state index is -0.0434. The smallest absolute Gasteiger partial charge is 0.138 e. The van der Waals surface area contributed by atoms with Crippen molar-refractivity contribution < 1.29 is 0 Å². The van der Waals surface area contributed by atoms with E-state index in [0.717, 1.165) is 30.5 Å². The molecule has 5 nitrogen and oxygen atoms in total. The van der Waals surface area contributed by atoms with Crippen LogP contribution in [0.3, 0.4) is 0 Å². The van der Waals surface area contributed by atoms with Gasteiger partial charge in [0.2, 0.25) is 0 Å². The Kier molecular flexibility index (Phi) is 4.81. The molecule has 1 aromatic heterocycles. The number of nitrogens with one attached hydrogen (secondary N) is 2. The van der Waals surface area contributed by atoms with Gasteiger partial charge in [0.15, 0.2) is 0 Å². The number of hydrogen-bond acceptors (Lipinski definition) is 5. The van der Waals surface area contributed by atoms with Crippen molar-refractivity contribution in [1.82, 2.24) is 14.9 Å². The molecule has 112 valence electrons. The van der Waals surface area contributed by atoms with Crippen molar-refractivity contribution in [2.75, 3.05) is 43.9 Å². The number of hydrogen-bond donors (Lipinski definition) is 2. The van der Waals surface area contributed by atoms with Crippen LogP contribution in [0.15, 0.2) is 6.07 Å². The van der Waals surface area contributed by atoms with Gasteiger partial charge in [0.1, 0.15) is 17.5 Å². The Bertz CT molecular complexity index is 432. The lowest BCUT2D eigenvalue weighted by molar-refractivity contribution is 0.352. The normalized spacial score (nSPS) is 16.4. The molecule has 0 aromatic carbocycles. The maximum atomic E-state index is 4.64. The zero-order valence-corrected chi connectivity index (χ0v) is 13.2. The molecule has 2 N–H and O–H groups in total. The molecule has 0 amide bonds. The standard InChI is InChI=1S/C15H27N5/c1-15(2,3)14-18-12(16-4)11-13(19-14)17-7-10-20-8-5-6-9-20/h11H,5-10H2,1-4H3,(H2,16,17,18,19). The third-order valence-electron chi connectivity index (χ3n) is 3.59. The monoisotopic (exact) mass is 277 g/mol. The predicted octanol–water partition coefficient (Wildman–Crippen LogP) is 2.32. The Morgan fingerprint density at radius 3 is 2.40 bits per heavy atom. The van der Waals surface area contributed by atoms with Gasteiger partial charge in [-0.25, -0.2) is 9.97 Å². The van der Waals surface area contributed by atoms with Crippen LogP contribution in [0.5, 0.6) is 0 Å². The summed E-state index contributed by atoms with van der Waals surface area (Å²) in [7, 11) is 1.89. The molecule has 0 spiro atoms. The van der Waals surface area contributed by atoms with Crippen molar-refractivity contribution in [2.45, 2.75) is 39.0 Å². The minimum Gasteiger partial charge on any atom is -0.373 e. The maximum Gasteiger partial charge on any atom is 0.138 e.